The molecule has 0 saturated carbocycles. The molecule has 1 aromatic rings. The SMILES string of the molecule is COCCNCc1cccn1CCOCCOCCOC. The molecule has 0 aliphatic rings. The lowest BCUT2D eigenvalue weighted by atomic mass is 10.4. The summed E-state index contributed by atoms with van der Waals surface area (Å²) in [6, 6.07) is 4.18. The quantitative estimate of drug-likeness (QED) is 0.518. The van der Waals surface area contributed by atoms with Crippen LogP contribution in [0.1, 0.15) is 5.69 Å². The zero-order valence-corrected chi connectivity index (χ0v) is 13.2. The average molecular weight is 300 g/mol. The van der Waals surface area contributed by atoms with E-state index < -0.39 is 0 Å². The van der Waals surface area contributed by atoms with Gasteiger partial charge in [-0.2, -0.15) is 0 Å². The molecule has 0 saturated heterocycles. The molecular formula is C15H28N2O4. The third kappa shape index (κ3) is 8.85. The Morgan fingerprint density at radius 3 is 2.43 bits per heavy atom. The van der Waals surface area contributed by atoms with Crippen LogP contribution in [0.5, 0.6) is 0 Å². The Labute approximate surface area is 127 Å². The number of ether oxygens (including phenoxy) is 4. The van der Waals surface area contributed by atoms with Gasteiger partial charge in [0.05, 0.1) is 39.6 Å². The van der Waals surface area contributed by atoms with Crippen molar-refractivity contribution in [2.45, 2.75) is 13.1 Å². The first-order valence-electron chi connectivity index (χ1n) is 7.36. The fourth-order valence-corrected chi connectivity index (χ4v) is 1.85. The van der Waals surface area contributed by atoms with Gasteiger partial charge in [-0.05, 0) is 12.1 Å². The molecule has 0 aliphatic carbocycles. The summed E-state index contributed by atoms with van der Waals surface area (Å²) in [5.41, 5.74) is 1.26. The van der Waals surface area contributed by atoms with Gasteiger partial charge in [0.15, 0.2) is 0 Å². The maximum Gasteiger partial charge on any atom is 0.0701 e. The maximum absolute atomic E-state index is 5.56. The highest BCUT2D eigenvalue weighted by Gasteiger charge is 2.00. The van der Waals surface area contributed by atoms with Gasteiger partial charge in [0.2, 0.25) is 0 Å². The van der Waals surface area contributed by atoms with Crippen LogP contribution in [0.3, 0.4) is 0 Å². The van der Waals surface area contributed by atoms with Gasteiger partial charge in [-0.15, -0.1) is 0 Å². The van der Waals surface area contributed by atoms with Crippen molar-refractivity contribution in [1.29, 1.82) is 0 Å². The second-order valence-electron chi connectivity index (χ2n) is 4.58. The number of rotatable bonds is 14. The molecule has 0 spiro atoms. The molecule has 0 radical (unpaired) electrons. The van der Waals surface area contributed by atoms with E-state index in [1.807, 2.05) is 0 Å². The van der Waals surface area contributed by atoms with Gasteiger partial charge in [-0.3, -0.25) is 0 Å². The zero-order chi connectivity index (χ0) is 15.2. The van der Waals surface area contributed by atoms with Crippen molar-refractivity contribution < 1.29 is 18.9 Å². The van der Waals surface area contributed by atoms with Gasteiger partial charge in [-0.1, -0.05) is 0 Å². The molecule has 0 amide bonds. The lowest BCUT2D eigenvalue weighted by Gasteiger charge is -2.11. The van der Waals surface area contributed by atoms with Crippen molar-refractivity contribution in [3.8, 4) is 0 Å². The molecule has 0 aliphatic heterocycles. The molecule has 0 unspecified atom stereocenters. The highest BCUT2D eigenvalue weighted by Crippen LogP contribution is 2.02. The van der Waals surface area contributed by atoms with Crippen LogP contribution in [0.2, 0.25) is 0 Å². The minimum Gasteiger partial charge on any atom is -0.383 e. The van der Waals surface area contributed by atoms with E-state index in [-0.39, 0.29) is 0 Å². The molecule has 0 atom stereocenters. The van der Waals surface area contributed by atoms with Gasteiger partial charge < -0.3 is 28.8 Å². The average Bonchev–Trinajstić information content (AvgIpc) is 2.94. The normalized spacial score (nSPS) is 11.1. The molecule has 0 bridgehead atoms. The summed E-state index contributed by atoms with van der Waals surface area (Å²) >= 11 is 0. The van der Waals surface area contributed by atoms with Gasteiger partial charge in [0.25, 0.3) is 0 Å². The van der Waals surface area contributed by atoms with E-state index >= 15 is 0 Å². The Kier molecular flexibility index (Phi) is 11.0. The van der Waals surface area contributed by atoms with Gasteiger partial charge in [-0.25, -0.2) is 0 Å². The molecule has 122 valence electrons. The second-order valence-corrected chi connectivity index (χ2v) is 4.58. The van der Waals surface area contributed by atoms with Crippen LogP contribution in [0.4, 0.5) is 0 Å². The van der Waals surface area contributed by atoms with Gasteiger partial charge in [0.1, 0.15) is 0 Å². The summed E-state index contributed by atoms with van der Waals surface area (Å²) in [6.07, 6.45) is 2.08. The van der Waals surface area contributed by atoms with Crippen LogP contribution in [-0.2, 0) is 32.0 Å². The number of nitrogens with one attached hydrogen (secondary N) is 1. The Morgan fingerprint density at radius 1 is 0.952 bits per heavy atom. The van der Waals surface area contributed by atoms with E-state index in [1.54, 1.807) is 14.2 Å². The van der Waals surface area contributed by atoms with Crippen molar-refractivity contribution >= 4 is 0 Å². The van der Waals surface area contributed by atoms with E-state index in [1.165, 1.54) is 5.69 Å². The molecule has 1 rings (SSSR count). The Hall–Kier alpha value is -0.920. The molecule has 1 heterocycles. The predicted molar refractivity (Wildman–Crippen MR) is 81.5 cm³/mol. The predicted octanol–water partition coefficient (Wildman–Crippen LogP) is 0.904. The molecule has 6 heteroatoms. The summed E-state index contributed by atoms with van der Waals surface area (Å²) in [5.74, 6) is 0. The Morgan fingerprint density at radius 2 is 1.67 bits per heavy atom. The van der Waals surface area contributed by atoms with E-state index in [9.17, 15) is 0 Å². The van der Waals surface area contributed by atoms with E-state index in [0.29, 0.717) is 33.0 Å². The first-order valence-corrected chi connectivity index (χ1v) is 7.36. The fourth-order valence-electron chi connectivity index (χ4n) is 1.85. The summed E-state index contributed by atoms with van der Waals surface area (Å²) in [7, 11) is 3.37. The summed E-state index contributed by atoms with van der Waals surface area (Å²) in [4.78, 5) is 0. The smallest absolute Gasteiger partial charge is 0.0701 e. The van der Waals surface area contributed by atoms with Gasteiger partial charge in [0, 0.05) is 45.7 Å². The summed E-state index contributed by atoms with van der Waals surface area (Å²) < 4.78 is 23.0. The molecule has 0 fully saturated rings. The van der Waals surface area contributed by atoms with Crippen molar-refractivity contribution in [3.05, 3.63) is 24.0 Å². The third-order valence-corrected chi connectivity index (χ3v) is 2.99. The molecule has 1 aromatic heterocycles. The fraction of sp³-hybridized carbons (Fsp3) is 0.733. The molecule has 21 heavy (non-hydrogen) atoms. The number of hydrogen-bond acceptors (Lipinski definition) is 5. The van der Waals surface area contributed by atoms with E-state index in [2.05, 4.69) is 28.2 Å². The standard InChI is InChI=1S/C15H28N2O4/c1-18-8-5-16-14-15-4-3-6-17(15)7-9-20-12-13-21-11-10-19-2/h3-4,6,16H,5,7-14H2,1-2H3. The summed E-state index contributed by atoms with van der Waals surface area (Å²) in [5, 5.41) is 3.34. The number of methoxy groups -OCH3 is 2. The van der Waals surface area contributed by atoms with Crippen LogP contribution >= 0.6 is 0 Å². The highest BCUT2D eigenvalue weighted by molar-refractivity contribution is 5.06. The van der Waals surface area contributed by atoms with Crippen LogP contribution < -0.4 is 5.32 Å². The first kappa shape index (κ1) is 18.1. The lowest BCUT2D eigenvalue weighted by Crippen LogP contribution is -2.21. The van der Waals surface area contributed by atoms with E-state index in [0.717, 1.165) is 26.2 Å². The first-order chi connectivity index (χ1) is 10.4. The van der Waals surface area contributed by atoms with Crippen molar-refractivity contribution in [2.75, 3.05) is 60.4 Å². The summed E-state index contributed by atoms with van der Waals surface area (Å²) in [6.45, 7) is 6.45. The Bertz CT molecular complexity index is 344. The monoisotopic (exact) mass is 300 g/mol. The molecule has 0 aromatic carbocycles. The minimum atomic E-state index is 0.612. The zero-order valence-electron chi connectivity index (χ0n) is 13.2. The van der Waals surface area contributed by atoms with Crippen LogP contribution in [0.15, 0.2) is 18.3 Å². The van der Waals surface area contributed by atoms with Gasteiger partial charge >= 0.3 is 0 Å². The lowest BCUT2D eigenvalue weighted by molar-refractivity contribution is 0.0229. The number of nitrogens with zero attached hydrogens (tertiary/aromatic N) is 1. The number of aromatic nitrogens is 1. The number of hydrogen-bond donors (Lipinski definition) is 1. The van der Waals surface area contributed by atoms with Crippen molar-refractivity contribution in [3.63, 3.8) is 0 Å². The second kappa shape index (κ2) is 12.8. The van der Waals surface area contributed by atoms with Crippen molar-refractivity contribution in [2.24, 2.45) is 0 Å². The van der Waals surface area contributed by atoms with Crippen LogP contribution in [0.25, 0.3) is 0 Å². The topological polar surface area (TPSA) is 53.9 Å². The molecule has 6 nitrogen and oxygen atoms in total. The third-order valence-electron chi connectivity index (χ3n) is 2.99. The van der Waals surface area contributed by atoms with Crippen molar-refractivity contribution in [1.82, 2.24) is 9.88 Å². The molecule has 1 N–H and O–H groups in total. The Balaban J connectivity index is 2.05. The maximum atomic E-state index is 5.56. The highest BCUT2D eigenvalue weighted by atomic mass is 16.5. The minimum absolute atomic E-state index is 0.612. The molecular weight excluding hydrogens is 272 g/mol. The van der Waals surface area contributed by atoms with E-state index in [4.69, 9.17) is 18.9 Å². The van der Waals surface area contributed by atoms with Crippen LogP contribution in [0, 0.1) is 0 Å². The van der Waals surface area contributed by atoms with Crippen LogP contribution in [-0.4, -0.2) is 65.0 Å². The largest absolute Gasteiger partial charge is 0.383 e.